The Hall–Kier alpha value is -2.58. The van der Waals surface area contributed by atoms with Gasteiger partial charge in [-0.25, -0.2) is 0 Å². The molecule has 20 heavy (non-hydrogen) atoms. The van der Waals surface area contributed by atoms with Gasteiger partial charge in [0.1, 0.15) is 0 Å². The van der Waals surface area contributed by atoms with E-state index in [0.29, 0.717) is 18.8 Å². The van der Waals surface area contributed by atoms with Crippen LogP contribution in [0.15, 0.2) is 34.9 Å². The van der Waals surface area contributed by atoms with E-state index in [1.807, 2.05) is 24.3 Å². The first kappa shape index (κ1) is 13.8. The number of benzene rings is 1. The summed E-state index contributed by atoms with van der Waals surface area (Å²) in [5.74, 6) is 5.66. The first-order chi connectivity index (χ1) is 9.69. The molecule has 0 aliphatic carbocycles. The molecule has 0 unspecified atom stereocenters. The summed E-state index contributed by atoms with van der Waals surface area (Å²) in [6.07, 6.45) is 0. The predicted octanol–water partition coefficient (Wildman–Crippen LogP) is 1.22. The highest BCUT2D eigenvalue weighted by Gasteiger charge is 2.10. The summed E-state index contributed by atoms with van der Waals surface area (Å²) in [6, 6.07) is 9.20. The maximum absolute atomic E-state index is 11.8. The number of amides is 1. The van der Waals surface area contributed by atoms with Gasteiger partial charge >= 0.3 is 0 Å². The molecule has 0 aliphatic heterocycles. The Labute approximate surface area is 117 Å². The van der Waals surface area contributed by atoms with Crippen LogP contribution >= 0.6 is 0 Å². The Morgan fingerprint density at radius 2 is 2.15 bits per heavy atom. The Morgan fingerprint density at radius 1 is 1.40 bits per heavy atom. The summed E-state index contributed by atoms with van der Waals surface area (Å²) >= 11 is 0. The van der Waals surface area contributed by atoms with Crippen molar-refractivity contribution in [2.75, 3.05) is 6.54 Å². The molecule has 0 bridgehead atoms. The minimum Gasteiger partial charge on any atom is -0.351 e. The second-order valence-corrected chi connectivity index (χ2v) is 4.22. The second kappa shape index (κ2) is 6.55. The Kier molecular flexibility index (Phi) is 4.53. The molecule has 0 aliphatic rings. The van der Waals surface area contributed by atoms with Gasteiger partial charge in [0, 0.05) is 18.2 Å². The molecule has 1 amide bonds. The molecule has 0 spiro atoms. The normalized spacial score (nSPS) is 9.70. The van der Waals surface area contributed by atoms with Crippen LogP contribution in [-0.2, 0) is 6.54 Å². The molecule has 0 fully saturated rings. The quantitative estimate of drug-likeness (QED) is 0.821. The van der Waals surface area contributed by atoms with Crippen LogP contribution in [0.2, 0.25) is 0 Å². The third-order valence-corrected chi connectivity index (χ3v) is 2.59. The van der Waals surface area contributed by atoms with E-state index >= 15 is 0 Å². The summed E-state index contributed by atoms with van der Waals surface area (Å²) in [5.41, 5.74) is 7.87. The van der Waals surface area contributed by atoms with E-state index in [2.05, 4.69) is 22.3 Å². The number of nitrogens with one attached hydrogen (secondary N) is 1. The van der Waals surface area contributed by atoms with Gasteiger partial charge in [0.05, 0.1) is 12.2 Å². The van der Waals surface area contributed by atoms with Crippen molar-refractivity contribution in [1.29, 1.82) is 0 Å². The van der Waals surface area contributed by atoms with Crippen LogP contribution in [0.1, 0.15) is 27.4 Å². The van der Waals surface area contributed by atoms with Gasteiger partial charge in [0.25, 0.3) is 5.91 Å². The summed E-state index contributed by atoms with van der Waals surface area (Å²) in [6.45, 7) is 2.53. The van der Waals surface area contributed by atoms with Crippen LogP contribution in [0.4, 0.5) is 0 Å². The van der Waals surface area contributed by atoms with Crippen molar-refractivity contribution in [2.45, 2.75) is 13.5 Å². The number of carbonyl (C=O) groups is 1. The van der Waals surface area contributed by atoms with Crippen LogP contribution in [-0.4, -0.2) is 17.6 Å². The van der Waals surface area contributed by atoms with Crippen LogP contribution < -0.4 is 11.1 Å². The highest BCUT2D eigenvalue weighted by Crippen LogP contribution is 2.05. The lowest BCUT2D eigenvalue weighted by Crippen LogP contribution is -2.22. The number of hydrogen-bond donors (Lipinski definition) is 2. The molecule has 102 valence electrons. The molecule has 5 heteroatoms. The van der Waals surface area contributed by atoms with E-state index in [9.17, 15) is 4.79 Å². The van der Waals surface area contributed by atoms with Gasteiger partial charge in [-0.1, -0.05) is 29.1 Å². The van der Waals surface area contributed by atoms with Crippen molar-refractivity contribution in [3.63, 3.8) is 0 Å². The predicted molar refractivity (Wildman–Crippen MR) is 74.8 cm³/mol. The fraction of sp³-hybridized carbons (Fsp3) is 0.200. The van der Waals surface area contributed by atoms with Crippen LogP contribution in [0.25, 0.3) is 0 Å². The van der Waals surface area contributed by atoms with Gasteiger partial charge in [-0.15, -0.1) is 0 Å². The van der Waals surface area contributed by atoms with Crippen LogP contribution in [0.5, 0.6) is 0 Å². The van der Waals surface area contributed by atoms with Crippen molar-refractivity contribution in [3.05, 3.63) is 52.9 Å². The standard InChI is InChI=1S/C15H15N3O2/c1-11-9-14(20-18-11)15(19)17-10-13-6-4-12(5-7-13)3-2-8-16/h4-7,9H,8,10,16H2,1H3,(H,17,19). The van der Waals surface area contributed by atoms with Gasteiger partial charge in [-0.3, -0.25) is 4.79 Å². The molecular formula is C15H15N3O2. The average molecular weight is 269 g/mol. The number of aromatic nitrogens is 1. The molecule has 5 nitrogen and oxygen atoms in total. The number of aryl methyl sites for hydroxylation is 1. The van der Waals surface area contributed by atoms with E-state index in [1.165, 1.54) is 0 Å². The van der Waals surface area contributed by atoms with Gasteiger partial charge in [-0.05, 0) is 24.6 Å². The van der Waals surface area contributed by atoms with Gasteiger partial charge < -0.3 is 15.6 Å². The van der Waals surface area contributed by atoms with E-state index in [0.717, 1.165) is 11.1 Å². The lowest BCUT2D eigenvalue weighted by Gasteiger charge is -2.03. The fourth-order valence-electron chi connectivity index (χ4n) is 1.60. The largest absolute Gasteiger partial charge is 0.351 e. The smallest absolute Gasteiger partial charge is 0.290 e. The van der Waals surface area contributed by atoms with E-state index in [4.69, 9.17) is 10.3 Å². The lowest BCUT2D eigenvalue weighted by molar-refractivity contribution is 0.0914. The lowest BCUT2D eigenvalue weighted by atomic mass is 10.1. The molecule has 3 N–H and O–H groups in total. The minimum atomic E-state index is -0.280. The summed E-state index contributed by atoms with van der Waals surface area (Å²) < 4.78 is 4.89. The molecule has 0 saturated carbocycles. The maximum Gasteiger partial charge on any atom is 0.290 e. The molecule has 1 heterocycles. The maximum atomic E-state index is 11.8. The topological polar surface area (TPSA) is 81.2 Å². The highest BCUT2D eigenvalue weighted by atomic mass is 16.5. The number of nitrogens with two attached hydrogens (primary N) is 1. The zero-order valence-electron chi connectivity index (χ0n) is 11.1. The minimum absolute atomic E-state index is 0.216. The Balaban J connectivity index is 1.92. The van der Waals surface area contributed by atoms with E-state index in [1.54, 1.807) is 13.0 Å². The molecule has 0 radical (unpaired) electrons. The van der Waals surface area contributed by atoms with Gasteiger partial charge in [0.15, 0.2) is 0 Å². The van der Waals surface area contributed by atoms with Crippen LogP contribution in [0.3, 0.4) is 0 Å². The van der Waals surface area contributed by atoms with E-state index in [-0.39, 0.29) is 11.7 Å². The molecular weight excluding hydrogens is 254 g/mol. The van der Waals surface area contributed by atoms with Crippen molar-refractivity contribution in [1.82, 2.24) is 10.5 Å². The molecule has 2 aromatic rings. The molecule has 1 aromatic heterocycles. The summed E-state index contributed by atoms with van der Waals surface area (Å²) in [4.78, 5) is 11.8. The Morgan fingerprint density at radius 3 is 2.75 bits per heavy atom. The first-order valence-corrected chi connectivity index (χ1v) is 6.18. The van der Waals surface area contributed by atoms with Gasteiger partial charge in [0.2, 0.25) is 5.76 Å². The van der Waals surface area contributed by atoms with Crippen molar-refractivity contribution < 1.29 is 9.32 Å². The molecule has 0 atom stereocenters. The summed E-state index contributed by atoms with van der Waals surface area (Å²) in [7, 11) is 0. The monoisotopic (exact) mass is 269 g/mol. The SMILES string of the molecule is Cc1cc(C(=O)NCc2ccc(C#CCN)cc2)on1. The zero-order valence-corrected chi connectivity index (χ0v) is 11.1. The van der Waals surface area contributed by atoms with Crippen molar-refractivity contribution in [2.24, 2.45) is 5.73 Å². The highest BCUT2D eigenvalue weighted by molar-refractivity contribution is 5.91. The van der Waals surface area contributed by atoms with Crippen molar-refractivity contribution >= 4 is 5.91 Å². The molecule has 1 aromatic carbocycles. The Bertz CT molecular complexity index is 648. The number of carbonyl (C=O) groups excluding carboxylic acids is 1. The fourth-order valence-corrected chi connectivity index (χ4v) is 1.60. The summed E-state index contributed by atoms with van der Waals surface area (Å²) in [5, 5.41) is 6.43. The van der Waals surface area contributed by atoms with Crippen molar-refractivity contribution in [3.8, 4) is 11.8 Å². The zero-order chi connectivity index (χ0) is 14.4. The number of rotatable bonds is 3. The molecule has 0 saturated heterocycles. The number of nitrogens with zero attached hydrogens (tertiary/aromatic N) is 1. The van der Waals surface area contributed by atoms with E-state index < -0.39 is 0 Å². The average Bonchev–Trinajstić information content (AvgIpc) is 2.90. The second-order valence-electron chi connectivity index (χ2n) is 4.22. The first-order valence-electron chi connectivity index (χ1n) is 6.18. The third-order valence-electron chi connectivity index (χ3n) is 2.59. The molecule has 2 rings (SSSR count). The third kappa shape index (κ3) is 3.70. The van der Waals surface area contributed by atoms with Gasteiger partial charge in [-0.2, -0.15) is 0 Å². The van der Waals surface area contributed by atoms with Crippen LogP contribution in [0, 0.1) is 18.8 Å². The number of hydrogen-bond acceptors (Lipinski definition) is 4.